The van der Waals surface area contributed by atoms with E-state index in [-0.39, 0.29) is 0 Å². The number of aromatic nitrogens is 3. The van der Waals surface area contributed by atoms with Crippen molar-refractivity contribution in [2.24, 2.45) is 0 Å². The Bertz CT molecular complexity index is 729. The zero-order valence-electron chi connectivity index (χ0n) is 9.71. The summed E-state index contributed by atoms with van der Waals surface area (Å²) in [5.74, 6) is 0.700. The van der Waals surface area contributed by atoms with E-state index in [1.54, 1.807) is 11.8 Å². The Hall–Kier alpha value is -1.37. The van der Waals surface area contributed by atoms with Crippen LogP contribution in [-0.4, -0.2) is 15.2 Å². The highest BCUT2D eigenvalue weighted by atomic mass is 35.5. The molecule has 4 nitrogen and oxygen atoms in total. The van der Waals surface area contributed by atoms with Crippen molar-refractivity contribution in [3.05, 3.63) is 41.0 Å². The van der Waals surface area contributed by atoms with Gasteiger partial charge in [-0.15, -0.1) is 10.2 Å². The van der Waals surface area contributed by atoms with E-state index in [2.05, 4.69) is 21.2 Å². The molecule has 7 heteroatoms. The van der Waals surface area contributed by atoms with Crippen LogP contribution in [0.2, 0.25) is 5.15 Å². The largest absolute Gasteiger partial charge is 0.374 e. The van der Waals surface area contributed by atoms with Crippen LogP contribution in [0.1, 0.15) is 5.56 Å². The van der Waals surface area contributed by atoms with Crippen molar-refractivity contribution in [1.82, 2.24) is 15.2 Å². The lowest BCUT2D eigenvalue weighted by atomic mass is 10.2. The minimum atomic E-state index is 0.477. The fraction of sp³-hybridized carbons (Fsp3) is 0.0833. The van der Waals surface area contributed by atoms with Gasteiger partial charge in [0, 0.05) is 16.7 Å². The molecule has 2 aromatic heterocycles. The number of nitrogen functional groups attached to an aromatic ring is 1. The van der Waals surface area contributed by atoms with Crippen LogP contribution in [-0.2, 0) is 5.75 Å². The van der Waals surface area contributed by atoms with Gasteiger partial charge in [-0.2, -0.15) is 0 Å². The average Bonchev–Trinajstić information content (AvgIpc) is 2.82. The number of fused-ring (bicyclic) bond motifs is 1. The fourth-order valence-electron chi connectivity index (χ4n) is 1.66. The van der Waals surface area contributed by atoms with Crippen molar-refractivity contribution in [1.29, 1.82) is 0 Å². The van der Waals surface area contributed by atoms with E-state index in [0.29, 0.717) is 16.0 Å². The lowest BCUT2D eigenvalue weighted by Gasteiger charge is -2.04. The van der Waals surface area contributed by atoms with E-state index in [9.17, 15) is 0 Å². The summed E-state index contributed by atoms with van der Waals surface area (Å²) in [6.45, 7) is 0. The summed E-state index contributed by atoms with van der Waals surface area (Å²) in [4.78, 5) is 4.39. The molecular weight excluding hydrogens is 300 g/mol. The van der Waals surface area contributed by atoms with E-state index in [1.165, 1.54) is 11.3 Å². The van der Waals surface area contributed by atoms with Crippen molar-refractivity contribution < 1.29 is 0 Å². The molecule has 0 saturated heterocycles. The highest BCUT2D eigenvalue weighted by molar-refractivity contribution is 8.00. The number of hydrogen-bond acceptors (Lipinski definition) is 6. The zero-order valence-corrected chi connectivity index (χ0v) is 12.1. The number of halogens is 1. The summed E-state index contributed by atoms with van der Waals surface area (Å²) >= 11 is 9.12. The summed E-state index contributed by atoms with van der Waals surface area (Å²) in [6, 6.07) is 9.96. The third kappa shape index (κ3) is 2.80. The van der Waals surface area contributed by atoms with Crippen molar-refractivity contribution in [2.75, 3.05) is 5.73 Å². The maximum Gasteiger partial charge on any atom is 0.203 e. The molecule has 2 heterocycles. The third-order valence-electron chi connectivity index (χ3n) is 2.52. The van der Waals surface area contributed by atoms with Gasteiger partial charge in [-0.05, 0) is 12.1 Å². The topological polar surface area (TPSA) is 64.7 Å². The van der Waals surface area contributed by atoms with Crippen molar-refractivity contribution in [3.8, 4) is 0 Å². The van der Waals surface area contributed by atoms with Crippen LogP contribution in [0, 0.1) is 0 Å². The number of nitrogens with zero attached hydrogens (tertiary/aromatic N) is 3. The van der Waals surface area contributed by atoms with Gasteiger partial charge in [0.1, 0.15) is 5.15 Å². The minimum absolute atomic E-state index is 0.477. The van der Waals surface area contributed by atoms with E-state index in [1.807, 2.05) is 24.3 Å². The first-order chi connectivity index (χ1) is 9.22. The molecule has 2 N–H and O–H groups in total. The molecule has 3 aromatic rings. The smallest absolute Gasteiger partial charge is 0.203 e. The predicted molar refractivity (Wildman–Crippen MR) is 80.6 cm³/mol. The predicted octanol–water partition coefficient (Wildman–Crippen LogP) is 3.61. The Labute approximate surface area is 123 Å². The first kappa shape index (κ1) is 12.7. The molecule has 0 aliphatic rings. The molecule has 0 radical (unpaired) electrons. The molecule has 0 spiro atoms. The second-order valence-electron chi connectivity index (χ2n) is 3.83. The molecule has 0 aliphatic carbocycles. The van der Waals surface area contributed by atoms with Gasteiger partial charge in [-0.1, -0.05) is 52.9 Å². The SMILES string of the molecule is Nc1nnc(SCc2cc3ccccc3nc2Cl)s1. The van der Waals surface area contributed by atoms with Crippen molar-refractivity contribution in [2.45, 2.75) is 10.1 Å². The van der Waals surface area contributed by atoms with Crippen LogP contribution in [0.4, 0.5) is 5.13 Å². The highest BCUT2D eigenvalue weighted by Gasteiger charge is 2.07. The molecule has 0 saturated carbocycles. The van der Waals surface area contributed by atoms with E-state index in [0.717, 1.165) is 20.8 Å². The second-order valence-corrected chi connectivity index (χ2v) is 6.42. The highest BCUT2D eigenvalue weighted by Crippen LogP contribution is 2.30. The summed E-state index contributed by atoms with van der Waals surface area (Å²) in [6.07, 6.45) is 0. The number of pyridine rings is 1. The minimum Gasteiger partial charge on any atom is -0.374 e. The third-order valence-corrected chi connectivity index (χ3v) is 4.79. The first-order valence-electron chi connectivity index (χ1n) is 5.48. The molecular formula is C12H9ClN4S2. The number of thioether (sulfide) groups is 1. The van der Waals surface area contributed by atoms with E-state index < -0.39 is 0 Å². The zero-order chi connectivity index (χ0) is 13.2. The quantitative estimate of drug-likeness (QED) is 0.591. The second kappa shape index (κ2) is 5.32. The fourth-order valence-corrected chi connectivity index (χ4v) is 3.56. The summed E-state index contributed by atoms with van der Waals surface area (Å²) in [7, 11) is 0. The van der Waals surface area contributed by atoms with Gasteiger partial charge in [-0.25, -0.2) is 4.98 Å². The van der Waals surface area contributed by atoms with E-state index in [4.69, 9.17) is 17.3 Å². The van der Waals surface area contributed by atoms with Crippen LogP contribution in [0.15, 0.2) is 34.7 Å². The lowest BCUT2D eigenvalue weighted by Crippen LogP contribution is -1.88. The Kier molecular flexibility index (Phi) is 3.54. The molecule has 0 atom stereocenters. The molecule has 19 heavy (non-hydrogen) atoms. The Morgan fingerprint density at radius 2 is 2.11 bits per heavy atom. The Balaban J connectivity index is 1.86. The van der Waals surface area contributed by atoms with Crippen molar-refractivity contribution in [3.63, 3.8) is 0 Å². The van der Waals surface area contributed by atoms with Crippen LogP contribution in [0.3, 0.4) is 0 Å². The van der Waals surface area contributed by atoms with Gasteiger partial charge in [0.25, 0.3) is 0 Å². The Morgan fingerprint density at radius 3 is 2.89 bits per heavy atom. The van der Waals surface area contributed by atoms with Gasteiger partial charge in [-0.3, -0.25) is 0 Å². The molecule has 0 unspecified atom stereocenters. The normalized spacial score (nSPS) is 11.0. The summed E-state index contributed by atoms with van der Waals surface area (Å²) in [5.41, 5.74) is 7.43. The Morgan fingerprint density at radius 1 is 1.26 bits per heavy atom. The van der Waals surface area contributed by atoms with Gasteiger partial charge in [0.05, 0.1) is 5.52 Å². The molecule has 3 rings (SSSR count). The van der Waals surface area contributed by atoms with Crippen LogP contribution in [0.25, 0.3) is 10.9 Å². The number of para-hydroxylation sites is 1. The maximum atomic E-state index is 6.19. The van der Waals surface area contributed by atoms with Gasteiger partial charge >= 0.3 is 0 Å². The molecule has 0 amide bonds. The summed E-state index contributed by atoms with van der Waals surface area (Å²) in [5, 5.41) is 9.83. The number of anilines is 1. The van der Waals surface area contributed by atoms with Gasteiger partial charge in [0.2, 0.25) is 5.13 Å². The maximum absolute atomic E-state index is 6.19. The number of rotatable bonds is 3. The molecule has 0 fully saturated rings. The lowest BCUT2D eigenvalue weighted by molar-refractivity contribution is 1.02. The first-order valence-corrected chi connectivity index (χ1v) is 7.66. The van der Waals surface area contributed by atoms with Crippen LogP contribution >= 0.6 is 34.7 Å². The van der Waals surface area contributed by atoms with Crippen LogP contribution in [0.5, 0.6) is 0 Å². The molecule has 0 bridgehead atoms. The van der Waals surface area contributed by atoms with Crippen molar-refractivity contribution >= 4 is 50.7 Å². The van der Waals surface area contributed by atoms with Gasteiger partial charge in [0.15, 0.2) is 4.34 Å². The average molecular weight is 309 g/mol. The molecule has 96 valence electrons. The van der Waals surface area contributed by atoms with Gasteiger partial charge < -0.3 is 5.73 Å². The number of nitrogens with two attached hydrogens (primary N) is 1. The van der Waals surface area contributed by atoms with Crippen LogP contribution < -0.4 is 5.73 Å². The number of benzene rings is 1. The van der Waals surface area contributed by atoms with E-state index >= 15 is 0 Å². The standard InChI is InChI=1S/C12H9ClN4S2/c13-10-8(6-18-12-17-16-11(14)19-12)5-7-3-1-2-4-9(7)15-10/h1-5H,6H2,(H2,14,16). The number of hydrogen-bond donors (Lipinski definition) is 1. The molecule has 1 aromatic carbocycles. The monoisotopic (exact) mass is 308 g/mol. The summed E-state index contributed by atoms with van der Waals surface area (Å²) < 4.78 is 0.835. The molecule has 0 aliphatic heterocycles.